The lowest BCUT2D eigenvalue weighted by atomic mass is 10.2. The van der Waals surface area contributed by atoms with Crippen molar-refractivity contribution in [2.75, 3.05) is 5.32 Å². The van der Waals surface area contributed by atoms with Crippen LogP contribution in [0.4, 0.5) is 24.7 Å². The van der Waals surface area contributed by atoms with Crippen LogP contribution < -0.4 is 15.1 Å². The molecule has 7 nitrogen and oxygen atoms in total. The topological polar surface area (TPSA) is 90.3 Å². The van der Waals surface area contributed by atoms with Gasteiger partial charge in [-0.05, 0) is 28.9 Å². The molecule has 0 spiro atoms. The molecule has 0 unspecified atom stereocenters. The molecular formula is C16H11BrF3N5O2. The van der Waals surface area contributed by atoms with E-state index in [0.29, 0.717) is 12.6 Å². The number of anilines is 1. The molecule has 0 aliphatic heterocycles. The van der Waals surface area contributed by atoms with E-state index < -0.39 is 17.9 Å². The highest BCUT2D eigenvalue weighted by Crippen LogP contribution is 2.28. The van der Waals surface area contributed by atoms with Gasteiger partial charge in [-0.25, -0.2) is 4.99 Å². The van der Waals surface area contributed by atoms with Crippen LogP contribution in [0.25, 0.3) is 0 Å². The predicted molar refractivity (Wildman–Crippen MR) is 89.9 cm³/mol. The fraction of sp³-hybridized carbons (Fsp3) is 0.125. The molecule has 2 heterocycles. The van der Waals surface area contributed by atoms with Gasteiger partial charge in [0, 0.05) is 21.9 Å². The molecule has 0 radical (unpaired) electrons. The Hall–Kier alpha value is -2.95. The minimum atomic E-state index is -4.61. The van der Waals surface area contributed by atoms with Gasteiger partial charge in [0.15, 0.2) is 0 Å². The number of aliphatic imine (C=N–C) groups is 1. The summed E-state index contributed by atoms with van der Waals surface area (Å²) in [6, 6.07) is 8.55. The molecule has 140 valence electrons. The molecule has 2 aromatic heterocycles. The molecule has 27 heavy (non-hydrogen) atoms. The van der Waals surface area contributed by atoms with Crippen molar-refractivity contribution in [1.82, 2.24) is 10.3 Å². The molecule has 1 N–H and O–H groups in total. The van der Waals surface area contributed by atoms with Crippen LogP contribution in [0.5, 0.6) is 0 Å². The Labute approximate surface area is 159 Å². The standard InChI is InChI=1S/C16H11BrF3N5O2/c17-11-3-1-10(2-4-11)8-25-9-14(27-24-25)23-15(26)22-12-5-6-21-13(7-12)16(18,19)20/h1-7,9H,8H2,(H-,21,22,23,24,26). The third-order valence-corrected chi connectivity index (χ3v) is 3.80. The highest BCUT2D eigenvalue weighted by molar-refractivity contribution is 9.10. The first-order valence-electron chi connectivity index (χ1n) is 7.46. The first-order valence-corrected chi connectivity index (χ1v) is 8.26. The summed E-state index contributed by atoms with van der Waals surface area (Å²) in [7, 11) is 0. The van der Waals surface area contributed by atoms with Gasteiger partial charge >= 0.3 is 12.1 Å². The molecule has 0 aliphatic carbocycles. The highest BCUT2D eigenvalue weighted by atomic mass is 79.9. The first kappa shape index (κ1) is 18.8. The van der Waals surface area contributed by atoms with E-state index in [0.717, 1.165) is 16.2 Å². The normalized spacial score (nSPS) is 12.2. The first-order chi connectivity index (χ1) is 12.8. The van der Waals surface area contributed by atoms with E-state index in [2.05, 4.69) is 36.5 Å². The highest BCUT2D eigenvalue weighted by Gasteiger charge is 2.32. The fourth-order valence-electron chi connectivity index (χ4n) is 2.08. The van der Waals surface area contributed by atoms with Gasteiger partial charge in [-0.3, -0.25) is 9.51 Å². The van der Waals surface area contributed by atoms with E-state index in [4.69, 9.17) is 4.52 Å². The molecule has 0 saturated carbocycles. The number of pyridine rings is 1. The summed E-state index contributed by atoms with van der Waals surface area (Å²) in [5.41, 5.74) is -0.260. The van der Waals surface area contributed by atoms with Crippen LogP contribution in [-0.2, 0) is 12.7 Å². The largest absolute Gasteiger partial charge is 0.846 e. The summed E-state index contributed by atoms with van der Waals surface area (Å²) in [6.45, 7) is 0.396. The van der Waals surface area contributed by atoms with Crippen molar-refractivity contribution in [2.45, 2.75) is 12.7 Å². The van der Waals surface area contributed by atoms with Crippen molar-refractivity contribution in [2.24, 2.45) is 4.99 Å². The van der Waals surface area contributed by atoms with E-state index in [9.17, 15) is 18.3 Å². The summed E-state index contributed by atoms with van der Waals surface area (Å²) >= 11 is 3.34. The summed E-state index contributed by atoms with van der Waals surface area (Å²) in [5.74, 6) is -0.0882. The monoisotopic (exact) mass is 441 g/mol. The maximum Gasteiger partial charge on any atom is 0.433 e. The second-order valence-corrected chi connectivity index (χ2v) is 6.25. The SMILES string of the molecule is [O-]/C(=N\c1c[n+](Cc2ccc(Br)cc2)no1)Nc1ccnc(C(F)(F)F)c1. The van der Waals surface area contributed by atoms with Crippen LogP contribution in [-0.4, -0.2) is 16.3 Å². The Kier molecular flexibility index (Phi) is 5.40. The van der Waals surface area contributed by atoms with Crippen LogP contribution in [0, 0.1) is 0 Å². The number of aromatic nitrogens is 3. The smallest absolute Gasteiger partial charge is 0.433 e. The number of nitrogens with one attached hydrogen (secondary N) is 1. The van der Waals surface area contributed by atoms with Gasteiger partial charge in [-0.1, -0.05) is 28.1 Å². The van der Waals surface area contributed by atoms with Crippen molar-refractivity contribution in [1.29, 1.82) is 0 Å². The Bertz CT molecular complexity index is 957. The van der Waals surface area contributed by atoms with Gasteiger partial charge in [0.25, 0.3) is 6.20 Å². The second kappa shape index (κ2) is 7.74. The summed E-state index contributed by atoms with van der Waals surface area (Å²) in [5, 5.41) is 17.8. The minimum Gasteiger partial charge on any atom is -0.846 e. The number of nitrogens with zero attached hydrogens (tertiary/aromatic N) is 4. The van der Waals surface area contributed by atoms with Crippen molar-refractivity contribution in [3.8, 4) is 0 Å². The van der Waals surface area contributed by atoms with E-state index in [1.807, 2.05) is 24.3 Å². The van der Waals surface area contributed by atoms with Crippen LogP contribution >= 0.6 is 15.9 Å². The number of hydrogen-bond donors (Lipinski definition) is 1. The van der Waals surface area contributed by atoms with Gasteiger partial charge in [0.1, 0.15) is 5.69 Å². The second-order valence-electron chi connectivity index (χ2n) is 5.33. The fourth-order valence-corrected chi connectivity index (χ4v) is 2.35. The maximum atomic E-state index is 12.6. The zero-order valence-electron chi connectivity index (χ0n) is 13.4. The molecule has 1 aromatic carbocycles. The molecule has 0 aliphatic rings. The van der Waals surface area contributed by atoms with Crippen molar-refractivity contribution in [3.63, 3.8) is 0 Å². The number of benzene rings is 1. The number of rotatable bonds is 4. The van der Waals surface area contributed by atoms with Gasteiger partial charge in [-0.2, -0.15) is 13.2 Å². The van der Waals surface area contributed by atoms with E-state index in [-0.39, 0.29) is 11.6 Å². The van der Waals surface area contributed by atoms with Crippen molar-refractivity contribution < 1.29 is 27.5 Å². The van der Waals surface area contributed by atoms with Crippen LogP contribution in [0.1, 0.15) is 11.3 Å². The average molecular weight is 442 g/mol. The number of halogens is 4. The molecule has 3 rings (SSSR count). The molecule has 0 saturated heterocycles. The zero-order chi connectivity index (χ0) is 19.4. The number of alkyl halides is 3. The Balaban J connectivity index is 1.68. The average Bonchev–Trinajstić information content (AvgIpc) is 3.03. The van der Waals surface area contributed by atoms with Gasteiger partial charge in [0.05, 0.1) is 6.02 Å². The molecule has 0 atom stereocenters. The summed E-state index contributed by atoms with van der Waals surface area (Å²) in [6.07, 6.45) is -2.27. The van der Waals surface area contributed by atoms with Crippen molar-refractivity contribution >= 4 is 33.5 Å². The van der Waals surface area contributed by atoms with Gasteiger partial charge in [0.2, 0.25) is 11.8 Å². The molecule has 11 heteroatoms. The minimum absolute atomic E-state index is 0.0882. The molecule has 0 amide bonds. The maximum absolute atomic E-state index is 12.6. The Morgan fingerprint density at radius 1 is 1.26 bits per heavy atom. The molecule has 0 bridgehead atoms. The van der Waals surface area contributed by atoms with Crippen LogP contribution in [0.3, 0.4) is 0 Å². The van der Waals surface area contributed by atoms with E-state index in [1.165, 1.54) is 16.9 Å². The van der Waals surface area contributed by atoms with Gasteiger partial charge in [-0.15, -0.1) is 0 Å². The summed E-state index contributed by atoms with van der Waals surface area (Å²) < 4.78 is 45.2. The quantitative estimate of drug-likeness (QED) is 0.381. The third kappa shape index (κ3) is 5.26. The Morgan fingerprint density at radius 2 is 2.00 bits per heavy atom. The van der Waals surface area contributed by atoms with Crippen molar-refractivity contribution in [3.05, 3.63) is 64.5 Å². The zero-order valence-corrected chi connectivity index (χ0v) is 15.0. The van der Waals surface area contributed by atoms with Gasteiger partial charge < -0.3 is 10.4 Å². The van der Waals surface area contributed by atoms with Crippen LogP contribution in [0.2, 0.25) is 0 Å². The molecule has 3 aromatic rings. The third-order valence-electron chi connectivity index (χ3n) is 3.27. The Morgan fingerprint density at radius 3 is 2.70 bits per heavy atom. The number of amidine groups is 1. The lowest BCUT2D eigenvalue weighted by Gasteiger charge is -2.13. The lowest BCUT2D eigenvalue weighted by Crippen LogP contribution is -2.35. The van der Waals surface area contributed by atoms with E-state index >= 15 is 0 Å². The molecule has 0 fully saturated rings. The summed E-state index contributed by atoms with van der Waals surface area (Å²) in [4.78, 5) is 6.82. The van der Waals surface area contributed by atoms with E-state index in [1.54, 1.807) is 0 Å². The molecular weight excluding hydrogens is 431 g/mol. The van der Waals surface area contributed by atoms with Crippen LogP contribution in [0.15, 0.2) is 62.8 Å². The predicted octanol–water partition coefficient (Wildman–Crippen LogP) is 2.65. The lowest BCUT2D eigenvalue weighted by molar-refractivity contribution is -0.754. The number of hydrogen-bond acceptors (Lipinski definition) is 5.